The van der Waals surface area contributed by atoms with Crippen molar-refractivity contribution in [3.63, 3.8) is 0 Å². The monoisotopic (exact) mass is 609 g/mol. The highest BCUT2D eigenvalue weighted by Gasteiger charge is 2.34. The fourth-order valence-electron chi connectivity index (χ4n) is 4.79. The maximum atomic E-state index is 14.2. The molecule has 1 N–H and O–H groups in total. The number of amides is 2. The van der Waals surface area contributed by atoms with Crippen molar-refractivity contribution < 1.29 is 32.2 Å². The molecule has 0 aliphatic carbocycles. The van der Waals surface area contributed by atoms with Crippen LogP contribution < -0.4 is 23.8 Å². The molecule has 1 heterocycles. The predicted octanol–water partition coefficient (Wildman–Crippen LogP) is 4.39. The number of ether oxygens (including phenoxy) is 3. The van der Waals surface area contributed by atoms with Crippen LogP contribution in [-0.2, 0) is 26.2 Å². The fourth-order valence-corrected chi connectivity index (χ4v) is 6.22. The summed E-state index contributed by atoms with van der Waals surface area (Å²) in [6.07, 6.45) is 2.06. The second kappa shape index (κ2) is 14.8. The number of hydrogen-bond donors (Lipinski definition) is 1. The predicted molar refractivity (Wildman–Crippen MR) is 164 cm³/mol. The van der Waals surface area contributed by atoms with Gasteiger partial charge in [-0.3, -0.25) is 13.9 Å². The van der Waals surface area contributed by atoms with Crippen LogP contribution >= 0.6 is 0 Å². The van der Waals surface area contributed by atoms with Crippen molar-refractivity contribution in [2.24, 2.45) is 0 Å². The van der Waals surface area contributed by atoms with E-state index in [4.69, 9.17) is 14.2 Å². The Morgan fingerprint density at radius 2 is 1.65 bits per heavy atom. The van der Waals surface area contributed by atoms with E-state index in [-0.39, 0.29) is 23.0 Å². The third-order valence-electron chi connectivity index (χ3n) is 7.15. The summed E-state index contributed by atoms with van der Waals surface area (Å²) in [5.41, 5.74) is 1.01. The van der Waals surface area contributed by atoms with Gasteiger partial charge in [-0.2, -0.15) is 0 Å². The number of nitrogens with one attached hydrogen (secondary N) is 1. The van der Waals surface area contributed by atoms with Crippen molar-refractivity contribution in [3.8, 4) is 17.2 Å². The van der Waals surface area contributed by atoms with E-state index >= 15 is 0 Å². The molecule has 1 aliphatic heterocycles. The van der Waals surface area contributed by atoms with Gasteiger partial charge in [-0.1, -0.05) is 50.6 Å². The van der Waals surface area contributed by atoms with Gasteiger partial charge in [-0.25, -0.2) is 8.42 Å². The summed E-state index contributed by atoms with van der Waals surface area (Å²) in [6, 6.07) is 19.1. The summed E-state index contributed by atoms with van der Waals surface area (Å²) in [7, 11) is -2.62. The Hall–Kier alpha value is -4.25. The van der Waals surface area contributed by atoms with Crippen LogP contribution in [0.1, 0.15) is 38.7 Å². The first-order valence-electron chi connectivity index (χ1n) is 14.5. The third-order valence-corrected chi connectivity index (χ3v) is 8.94. The molecule has 1 unspecified atom stereocenters. The van der Waals surface area contributed by atoms with E-state index in [0.717, 1.165) is 22.7 Å². The number of anilines is 1. The van der Waals surface area contributed by atoms with Gasteiger partial charge in [-0.05, 0) is 54.8 Å². The van der Waals surface area contributed by atoms with Crippen LogP contribution in [0.3, 0.4) is 0 Å². The Morgan fingerprint density at radius 3 is 2.30 bits per heavy atom. The van der Waals surface area contributed by atoms with Gasteiger partial charge in [0.05, 0.1) is 17.7 Å². The molecule has 10 nitrogen and oxygen atoms in total. The number of rotatable bonds is 14. The molecule has 230 valence electrons. The molecule has 1 atom stereocenters. The third kappa shape index (κ3) is 7.78. The largest absolute Gasteiger partial charge is 0.497 e. The SMILES string of the molecule is CCCCNC(=O)C(CC)N(Cc1ccc(OC)cc1)C(=O)CN(c1ccc2c(c1)OCCO2)S(=O)(=O)c1ccccc1. The minimum Gasteiger partial charge on any atom is -0.497 e. The van der Waals surface area contributed by atoms with Crippen LogP contribution in [-0.4, -0.2) is 64.6 Å². The Balaban J connectivity index is 1.72. The van der Waals surface area contributed by atoms with Crippen LogP contribution in [0.4, 0.5) is 5.69 Å². The zero-order valence-electron chi connectivity index (χ0n) is 24.8. The number of fused-ring (bicyclic) bond motifs is 1. The molecule has 0 radical (unpaired) electrons. The van der Waals surface area contributed by atoms with E-state index < -0.39 is 28.5 Å². The van der Waals surface area contributed by atoms with Crippen LogP contribution in [0, 0.1) is 0 Å². The molecule has 3 aromatic carbocycles. The highest BCUT2D eigenvalue weighted by atomic mass is 32.2. The maximum Gasteiger partial charge on any atom is 0.264 e. The highest BCUT2D eigenvalue weighted by molar-refractivity contribution is 7.92. The van der Waals surface area contributed by atoms with Crippen LogP contribution in [0.15, 0.2) is 77.7 Å². The van der Waals surface area contributed by atoms with E-state index in [0.29, 0.717) is 43.4 Å². The molecular formula is C32H39N3O7S. The van der Waals surface area contributed by atoms with Crippen molar-refractivity contribution in [1.29, 1.82) is 0 Å². The fraction of sp³-hybridized carbons (Fsp3) is 0.375. The second-order valence-corrected chi connectivity index (χ2v) is 12.0. The van der Waals surface area contributed by atoms with Crippen molar-refractivity contribution in [2.45, 2.75) is 50.6 Å². The number of benzene rings is 3. The molecular weight excluding hydrogens is 570 g/mol. The molecule has 2 amide bonds. The summed E-state index contributed by atoms with van der Waals surface area (Å²) < 4.78 is 45.7. The van der Waals surface area contributed by atoms with Crippen LogP contribution in [0.2, 0.25) is 0 Å². The number of carbonyl (C=O) groups is 2. The average Bonchev–Trinajstić information content (AvgIpc) is 3.04. The van der Waals surface area contributed by atoms with Crippen LogP contribution in [0.25, 0.3) is 0 Å². The molecule has 0 aromatic heterocycles. The standard InChI is InChI=1S/C32H39N3O7S/c1-4-6-18-33-32(37)28(5-2)34(22-24-12-15-26(40-3)16-13-24)31(36)23-35(43(38,39)27-10-8-7-9-11-27)25-14-17-29-30(21-25)42-20-19-41-29/h7-17,21,28H,4-6,18-20,22-23H2,1-3H3,(H,33,37). The highest BCUT2D eigenvalue weighted by Crippen LogP contribution is 2.36. The average molecular weight is 610 g/mol. The van der Waals surface area contributed by atoms with Gasteiger partial charge in [0.1, 0.15) is 31.5 Å². The first-order chi connectivity index (χ1) is 20.8. The van der Waals surface area contributed by atoms with E-state index in [9.17, 15) is 18.0 Å². The zero-order valence-corrected chi connectivity index (χ0v) is 25.6. The number of unbranched alkanes of at least 4 members (excludes halogenated alkanes) is 1. The lowest BCUT2D eigenvalue weighted by Crippen LogP contribution is -2.52. The van der Waals surface area contributed by atoms with E-state index in [1.807, 2.05) is 26.0 Å². The molecule has 0 fully saturated rings. The molecule has 0 spiro atoms. The minimum absolute atomic E-state index is 0.0312. The molecule has 3 aromatic rings. The number of sulfonamides is 1. The zero-order chi connectivity index (χ0) is 30.8. The molecule has 0 bridgehead atoms. The molecule has 0 saturated carbocycles. The Morgan fingerprint density at radius 1 is 0.953 bits per heavy atom. The summed E-state index contributed by atoms with van der Waals surface area (Å²) in [5.74, 6) is 0.734. The van der Waals surface area contributed by atoms with Gasteiger partial charge in [0, 0.05) is 19.2 Å². The summed E-state index contributed by atoms with van der Waals surface area (Å²) in [6.45, 7) is 4.62. The van der Waals surface area contributed by atoms with E-state index in [1.165, 1.54) is 17.0 Å². The van der Waals surface area contributed by atoms with E-state index in [1.54, 1.807) is 55.6 Å². The molecule has 1 aliphatic rings. The van der Waals surface area contributed by atoms with Gasteiger partial charge >= 0.3 is 0 Å². The van der Waals surface area contributed by atoms with Gasteiger partial charge in [0.2, 0.25) is 11.8 Å². The lowest BCUT2D eigenvalue weighted by Gasteiger charge is -2.33. The van der Waals surface area contributed by atoms with Crippen molar-refractivity contribution in [2.75, 3.05) is 37.7 Å². The normalized spacial score (nSPS) is 13.1. The number of nitrogens with zero attached hydrogens (tertiary/aromatic N) is 2. The molecule has 11 heteroatoms. The van der Waals surface area contributed by atoms with Crippen molar-refractivity contribution >= 4 is 27.5 Å². The second-order valence-electron chi connectivity index (χ2n) is 10.1. The molecule has 0 saturated heterocycles. The van der Waals surface area contributed by atoms with Crippen molar-refractivity contribution in [3.05, 3.63) is 78.4 Å². The van der Waals surface area contributed by atoms with Gasteiger partial charge in [-0.15, -0.1) is 0 Å². The summed E-state index contributed by atoms with van der Waals surface area (Å²) in [4.78, 5) is 29.0. The van der Waals surface area contributed by atoms with Gasteiger partial charge in [0.25, 0.3) is 10.0 Å². The van der Waals surface area contributed by atoms with Crippen molar-refractivity contribution in [1.82, 2.24) is 10.2 Å². The maximum absolute atomic E-state index is 14.2. The first kappa shape index (κ1) is 31.7. The lowest BCUT2D eigenvalue weighted by atomic mass is 10.1. The minimum atomic E-state index is -4.19. The quantitative estimate of drug-likeness (QED) is 0.270. The first-order valence-corrected chi connectivity index (χ1v) is 15.9. The molecule has 4 rings (SSSR count). The number of carbonyl (C=O) groups excluding carboxylic acids is 2. The lowest BCUT2D eigenvalue weighted by molar-refractivity contribution is -0.140. The van der Waals surface area contributed by atoms with Gasteiger partial charge in [0.15, 0.2) is 11.5 Å². The summed E-state index contributed by atoms with van der Waals surface area (Å²) >= 11 is 0. The topological polar surface area (TPSA) is 114 Å². The van der Waals surface area contributed by atoms with E-state index in [2.05, 4.69) is 5.32 Å². The molecule has 43 heavy (non-hydrogen) atoms. The Bertz CT molecular complexity index is 1480. The van der Waals surface area contributed by atoms with Crippen LogP contribution in [0.5, 0.6) is 17.2 Å². The smallest absolute Gasteiger partial charge is 0.264 e. The Kier molecular flexibility index (Phi) is 10.9. The summed E-state index contributed by atoms with van der Waals surface area (Å²) in [5, 5.41) is 2.93. The number of hydrogen-bond acceptors (Lipinski definition) is 7. The van der Waals surface area contributed by atoms with Gasteiger partial charge < -0.3 is 24.4 Å². The Labute approximate surface area is 253 Å². The number of methoxy groups -OCH3 is 1.